The van der Waals surface area contributed by atoms with Crippen LogP contribution in [0.25, 0.3) is 0 Å². The predicted molar refractivity (Wildman–Crippen MR) is 298 cm³/mol. The molecule has 0 aliphatic rings. The molecule has 6 nitrogen and oxygen atoms in total. The Morgan fingerprint density at radius 3 is 0.855 bits per heavy atom. The van der Waals surface area contributed by atoms with Crippen LogP contribution in [-0.4, -0.2) is 37.2 Å². The molecule has 0 bridgehead atoms. The Kier molecular flexibility index (Phi) is 55.7. The number of ether oxygens (including phenoxy) is 3. The molecule has 0 aliphatic carbocycles. The Morgan fingerprint density at radius 1 is 0.290 bits per heavy atom. The summed E-state index contributed by atoms with van der Waals surface area (Å²) in [6.45, 7) is 6.62. The van der Waals surface area contributed by atoms with Crippen molar-refractivity contribution in [1.82, 2.24) is 0 Å². The summed E-state index contributed by atoms with van der Waals surface area (Å²) in [6, 6.07) is 0. The van der Waals surface area contributed by atoms with Crippen molar-refractivity contribution in [2.45, 2.75) is 322 Å². The first-order valence-corrected chi connectivity index (χ1v) is 30.1. The van der Waals surface area contributed by atoms with Crippen LogP contribution in [0.3, 0.4) is 0 Å². The molecule has 0 amide bonds. The maximum absolute atomic E-state index is 12.9. The molecule has 0 heterocycles. The first-order chi connectivity index (χ1) is 34.0. The number of hydrogen-bond donors (Lipinski definition) is 0. The molecule has 0 aromatic rings. The summed E-state index contributed by atoms with van der Waals surface area (Å²) < 4.78 is 16.9. The van der Waals surface area contributed by atoms with Gasteiger partial charge in [-0.2, -0.15) is 0 Å². The normalized spacial score (nSPS) is 12.3. The summed E-state index contributed by atoms with van der Waals surface area (Å²) in [6.07, 6.45) is 71.0. The fourth-order valence-electron chi connectivity index (χ4n) is 8.70. The van der Waals surface area contributed by atoms with Crippen molar-refractivity contribution in [3.63, 3.8) is 0 Å². The van der Waals surface area contributed by atoms with Gasteiger partial charge in [0.25, 0.3) is 0 Å². The lowest BCUT2D eigenvalue weighted by Gasteiger charge is -2.18. The predicted octanol–water partition coefficient (Wildman–Crippen LogP) is 20.2. The van der Waals surface area contributed by atoms with Gasteiger partial charge in [-0.1, -0.05) is 243 Å². The molecule has 0 aliphatic heterocycles. The van der Waals surface area contributed by atoms with Crippen LogP contribution in [0, 0.1) is 0 Å². The molecule has 0 saturated heterocycles. The second-order valence-electron chi connectivity index (χ2n) is 20.2. The van der Waals surface area contributed by atoms with E-state index in [1.165, 1.54) is 199 Å². The Morgan fingerprint density at radius 2 is 0.522 bits per heavy atom. The lowest BCUT2D eigenvalue weighted by Crippen LogP contribution is -2.30. The highest BCUT2D eigenvalue weighted by Gasteiger charge is 2.19. The third kappa shape index (κ3) is 56.2. The van der Waals surface area contributed by atoms with E-state index in [9.17, 15) is 14.4 Å². The number of esters is 3. The molecule has 6 heteroatoms. The Hall–Kier alpha value is -2.63. The minimum absolute atomic E-state index is 0.0774. The van der Waals surface area contributed by atoms with Gasteiger partial charge in [0.15, 0.2) is 6.10 Å². The minimum Gasteiger partial charge on any atom is -0.462 e. The third-order valence-corrected chi connectivity index (χ3v) is 13.3. The number of carbonyl (C=O) groups is 3. The standard InChI is InChI=1S/C63H114O6/c1-4-7-10-13-16-19-22-25-27-29-30-31-32-34-35-38-41-44-47-50-53-56-62(65)68-59-60(58-67-61(64)55-52-49-46-43-40-37-24-21-18-15-12-9-6-3)69-63(66)57-54-51-48-45-42-39-36-33-28-26-23-20-17-14-11-8-5-2/h17,20-21,24-28,60H,4-16,18-19,22-23,29-59H2,1-3H3/b20-17-,24-21-,27-25-,28-26-/t60-/m0/s1. The van der Waals surface area contributed by atoms with Crippen LogP contribution in [0.2, 0.25) is 0 Å². The van der Waals surface area contributed by atoms with E-state index in [0.29, 0.717) is 19.3 Å². The number of carbonyl (C=O) groups excluding carboxylic acids is 3. The molecule has 0 radical (unpaired) electrons. The molecule has 0 rings (SSSR count). The SMILES string of the molecule is CCCCC/C=C\C/C=C\CCCCCCCCCC(=O)O[C@@H](COC(=O)CCCCCCC/C=C\CCCCCC)COC(=O)CCCCCCCCCCCCC/C=C\CCCCCCCC. The van der Waals surface area contributed by atoms with Crippen LogP contribution in [-0.2, 0) is 28.6 Å². The summed E-state index contributed by atoms with van der Waals surface area (Å²) in [5.41, 5.74) is 0. The molecule has 0 aromatic carbocycles. The average Bonchev–Trinajstić information content (AvgIpc) is 3.35. The van der Waals surface area contributed by atoms with Gasteiger partial charge in [-0.3, -0.25) is 14.4 Å². The average molecular weight is 968 g/mol. The minimum atomic E-state index is -0.780. The van der Waals surface area contributed by atoms with Crippen LogP contribution in [0.15, 0.2) is 48.6 Å². The highest BCUT2D eigenvalue weighted by Crippen LogP contribution is 2.16. The van der Waals surface area contributed by atoms with Crippen molar-refractivity contribution in [3.05, 3.63) is 48.6 Å². The largest absolute Gasteiger partial charge is 0.462 e. The van der Waals surface area contributed by atoms with Crippen molar-refractivity contribution < 1.29 is 28.6 Å². The van der Waals surface area contributed by atoms with E-state index >= 15 is 0 Å². The lowest BCUT2D eigenvalue weighted by atomic mass is 10.0. The van der Waals surface area contributed by atoms with E-state index in [-0.39, 0.29) is 31.1 Å². The van der Waals surface area contributed by atoms with Crippen molar-refractivity contribution in [2.75, 3.05) is 13.2 Å². The monoisotopic (exact) mass is 967 g/mol. The number of allylic oxidation sites excluding steroid dienone is 8. The molecular weight excluding hydrogens is 853 g/mol. The van der Waals surface area contributed by atoms with Crippen LogP contribution >= 0.6 is 0 Å². The Bertz CT molecular complexity index is 1200. The molecule has 0 fully saturated rings. The molecule has 69 heavy (non-hydrogen) atoms. The van der Waals surface area contributed by atoms with E-state index in [4.69, 9.17) is 14.2 Å². The Labute approximate surface area is 428 Å². The number of unbranched alkanes of at least 4 members (excludes halogenated alkanes) is 36. The van der Waals surface area contributed by atoms with E-state index in [1.807, 2.05) is 0 Å². The fraction of sp³-hybridized carbons (Fsp3) is 0.825. The molecule has 0 saturated carbocycles. The van der Waals surface area contributed by atoms with E-state index in [1.54, 1.807) is 0 Å². The first-order valence-electron chi connectivity index (χ1n) is 30.1. The number of hydrogen-bond acceptors (Lipinski definition) is 6. The molecule has 402 valence electrons. The first kappa shape index (κ1) is 66.4. The number of rotatable bonds is 55. The van der Waals surface area contributed by atoms with E-state index in [2.05, 4.69) is 69.4 Å². The molecule has 1 atom stereocenters. The van der Waals surface area contributed by atoms with Crippen molar-refractivity contribution in [2.24, 2.45) is 0 Å². The Balaban J connectivity index is 4.33. The molecular formula is C63H114O6. The van der Waals surface area contributed by atoms with Gasteiger partial charge in [0.05, 0.1) is 0 Å². The van der Waals surface area contributed by atoms with Crippen LogP contribution in [0.5, 0.6) is 0 Å². The maximum Gasteiger partial charge on any atom is 0.306 e. The second kappa shape index (κ2) is 57.9. The highest BCUT2D eigenvalue weighted by molar-refractivity contribution is 5.71. The maximum atomic E-state index is 12.9. The summed E-state index contributed by atoms with van der Waals surface area (Å²) in [5.74, 6) is -0.880. The molecule has 0 aromatic heterocycles. The molecule has 0 unspecified atom stereocenters. The summed E-state index contributed by atoms with van der Waals surface area (Å²) in [5, 5.41) is 0. The van der Waals surface area contributed by atoms with E-state index < -0.39 is 6.10 Å². The van der Waals surface area contributed by atoms with Gasteiger partial charge in [0, 0.05) is 19.3 Å². The van der Waals surface area contributed by atoms with Gasteiger partial charge in [-0.05, 0) is 103 Å². The van der Waals surface area contributed by atoms with Crippen LogP contribution < -0.4 is 0 Å². The summed E-state index contributed by atoms with van der Waals surface area (Å²) in [4.78, 5) is 38.2. The highest BCUT2D eigenvalue weighted by atomic mass is 16.6. The zero-order valence-corrected chi connectivity index (χ0v) is 46.1. The lowest BCUT2D eigenvalue weighted by molar-refractivity contribution is -0.167. The zero-order valence-electron chi connectivity index (χ0n) is 46.1. The quantitative estimate of drug-likeness (QED) is 0.0262. The summed E-state index contributed by atoms with van der Waals surface area (Å²) in [7, 11) is 0. The van der Waals surface area contributed by atoms with Crippen molar-refractivity contribution >= 4 is 17.9 Å². The van der Waals surface area contributed by atoms with Crippen LogP contribution in [0.4, 0.5) is 0 Å². The van der Waals surface area contributed by atoms with Crippen LogP contribution in [0.1, 0.15) is 316 Å². The van der Waals surface area contributed by atoms with Gasteiger partial charge in [0.1, 0.15) is 13.2 Å². The summed E-state index contributed by atoms with van der Waals surface area (Å²) >= 11 is 0. The van der Waals surface area contributed by atoms with Gasteiger partial charge >= 0.3 is 17.9 Å². The van der Waals surface area contributed by atoms with Gasteiger partial charge in [0.2, 0.25) is 0 Å². The van der Waals surface area contributed by atoms with Gasteiger partial charge in [-0.15, -0.1) is 0 Å². The molecule has 0 spiro atoms. The van der Waals surface area contributed by atoms with Crippen molar-refractivity contribution in [1.29, 1.82) is 0 Å². The van der Waals surface area contributed by atoms with Crippen molar-refractivity contribution in [3.8, 4) is 0 Å². The molecule has 0 N–H and O–H groups in total. The second-order valence-corrected chi connectivity index (χ2v) is 20.2. The van der Waals surface area contributed by atoms with Gasteiger partial charge < -0.3 is 14.2 Å². The zero-order chi connectivity index (χ0) is 50.0. The third-order valence-electron chi connectivity index (χ3n) is 13.3. The topological polar surface area (TPSA) is 78.9 Å². The van der Waals surface area contributed by atoms with Gasteiger partial charge in [-0.25, -0.2) is 0 Å². The van der Waals surface area contributed by atoms with E-state index in [0.717, 1.165) is 77.0 Å². The fourth-order valence-corrected chi connectivity index (χ4v) is 8.70. The smallest absolute Gasteiger partial charge is 0.306 e.